The Bertz CT molecular complexity index is 374. The molecule has 1 atom stereocenters. The van der Waals surface area contributed by atoms with E-state index in [0.717, 1.165) is 0 Å². The Labute approximate surface area is 135 Å². The highest BCUT2D eigenvalue weighted by Gasteiger charge is 2.19. The molecule has 7 nitrogen and oxygen atoms in total. The molecule has 0 saturated carbocycles. The van der Waals surface area contributed by atoms with E-state index in [1.54, 1.807) is 18.8 Å². The minimum atomic E-state index is -0.754. The van der Waals surface area contributed by atoms with Crippen molar-refractivity contribution in [2.24, 2.45) is 5.92 Å². The Morgan fingerprint density at radius 1 is 1.32 bits per heavy atom. The highest BCUT2D eigenvalue weighted by molar-refractivity contribution is 7.99. The van der Waals surface area contributed by atoms with Crippen LogP contribution in [0.4, 0.5) is 4.79 Å². The topological polar surface area (TPSA) is 101 Å². The molecule has 0 unspecified atom stereocenters. The van der Waals surface area contributed by atoms with Crippen LogP contribution in [-0.4, -0.2) is 58.9 Å². The van der Waals surface area contributed by atoms with E-state index in [-0.39, 0.29) is 18.2 Å². The van der Waals surface area contributed by atoms with Crippen LogP contribution < -0.4 is 0 Å². The molecule has 0 aliphatic carbocycles. The average Bonchev–Trinajstić information content (AvgIpc) is 2.36. The zero-order chi connectivity index (χ0) is 17.8. The van der Waals surface area contributed by atoms with Crippen LogP contribution in [-0.2, 0) is 19.1 Å². The molecule has 1 N–H and O–H groups in total. The van der Waals surface area contributed by atoms with Crippen LogP contribution in [0.5, 0.6) is 0 Å². The second-order valence-corrected chi connectivity index (χ2v) is 6.65. The normalized spacial score (nSPS) is 11.5. The summed E-state index contributed by atoms with van der Waals surface area (Å²) in [4.78, 5) is 40.2. The van der Waals surface area contributed by atoms with Crippen molar-refractivity contribution in [3.63, 3.8) is 0 Å². The van der Waals surface area contributed by atoms with Gasteiger partial charge in [0.2, 0.25) is 0 Å². The van der Waals surface area contributed by atoms with Crippen LogP contribution >= 0.6 is 11.8 Å². The van der Waals surface area contributed by atoms with Gasteiger partial charge in [-0.2, -0.15) is 21.4 Å². The summed E-state index contributed by atoms with van der Waals surface area (Å²) in [5.74, 6) is 0.223. The number of carbonyl (C=O) groups is 2. The lowest BCUT2D eigenvalue weighted by molar-refractivity contribution is -0.191. The fourth-order valence-corrected chi connectivity index (χ4v) is 2.45. The third kappa shape index (κ3) is 13.5. The second-order valence-electron chi connectivity index (χ2n) is 5.50. The van der Waals surface area contributed by atoms with Gasteiger partial charge in [0, 0.05) is 25.1 Å². The van der Waals surface area contributed by atoms with E-state index in [1.165, 1.54) is 4.90 Å². The first-order valence-electron chi connectivity index (χ1n) is 6.83. The molecule has 0 aromatic heterocycles. The Morgan fingerprint density at radius 3 is 2.18 bits per heavy atom. The van der Waals surface area contributed by atoms with E-state index in [0.29, 0.717) is 24.5 Å². The van der Waals surface area contributed by atoms with Gasteiger partial charge in [-0.15, -0.1) is 0 Å². The Hall–Kier alpha value is -1.53. The predicted molar refractivity (Wildman–Crippen MR) is 82.6 cm³/mol. The zero-order valence-corrected chi connectivity index (χ0v) is 14.6. The first-order chi connectivity index (χ1) is 10.1. The number of nitrogens with zero attached hydrogens (tertiary/aromatic N) is 1. The van der Waals surface area contributed by atoms with Crippen molar-refractivity contribution in [3.05, 3.63) is 0 Å². The molecule has 0 bridgehead atoms. The van der Waals surface area contributed by atoms with Gasteiger partial charge in [0.05, 0.1) is 5.92 Å². The summed E-state index contributed by atoms with van der Waals surface area (Å²) in [6.45, 7) is 7.90. The molecule has 1 amide bonds. The maximum atomic E-state index is 11.7. The van der Waals surface area contributed by atoms with Crippen LogP contribution in [0.3, 0.4) is 0 Å². The number of hydrogen-bond donors (Lipinski definition) is 1. The smallest absolute Gasteiger partial charge is 0.410 e. The minimum absolute atomic E-state index is 0.250. The Morgan fingerprint density at radius 2 is 1.82 bits per heavy atom. The summed E-state index contributed by atoms with van der Waals surface area (Å²) in [6, 6.07) is 0. The molecule has 0 aromatic carbocycles. The van der Waals surface area contributed by atoms with Crippen molar-refractivity contribution < 1.29 is 29.0 Å². The van der Waals surface area contributed by atoms with Crippen LogP contribution in [0.1, 0.15) is 34.1 Å². The molecule has 0 radical (unpaired) electrons. The molecule has 0 aliphatic heterocycles. The maximum absolute atomic E-state index is 11.7. The molecule has 0 aliphatic rings. The number of carboxylic acids is 1. The van der Waals surface area contributed by atoms with Crippen molar-refractivity contribution in [3.8, 4) is 0 Å². The number of carboxylic acid groups (broad SMARTS) is 1. The zero-order valence-electron chi connectivity index (χ0n) is 13.7. The van der Waals surface area contributed by atoms with Gasteiger partial charge in [-0.3, -0.25) is 4.79 Å². The molecular formula is C14H25NO6S. The molecule has 22 heavy (non-hydrogen) atoms. The van der Waals surface area contributed by atoms with Gasteiger partial charge < -0.3 is 14.7 Å². The first-order valence-corrected chi connectivity index (χ1v) is 7.98. The lowest BCUT2D eigenvalue weighted by Gasteiger charge is -2.24. The van der Waals surface area contributed by atoms with Gasteiger partial charge in [-0.25, -0.2) is 4.79 Å². The average molecular weight is 335 g/mol. The molecular weight excluding hydrogens is 310 g/mol. The molecule has 0 fully saturated rings. The van der Waals surface area contributed by atoms with Gasteiger partial charge in [0.1, 0.15) is 5.60 Å². The summed E-state index contributed by atoms with van der Waals surface area (Å²) in [7, 11) is 1.68. The SMILES string of the molecule is CC[C@@H](CSCCN(C)C(=O)OC(C)(C)C)C(=O)O.O=C=O. The Balaban J connectivity index is 0. The van der Waals surface area contributed by atoms with Crippen molar-refractivity contribution in [2.45, 2.75) is 39.7 Å². The monoisotopic (exact) mass is 335 g/mol. The molecule has 0 spiro atoms. The molecule has 0 rings (SSSR count). The summed E-state index contributed by atoms with van der Waals surface area (Å²) in [6.07, 6.45) is 0.530. The van der Waals surface area contributed by atoms with E-state index < -0.39 is 11.6 Å². The summed E-state index contributed by atoms with van der Waals surface area (Å²) in [5, 5.41) is 8.90. The second kappa shape index (κ2) is 12.1. The van der Waals surface area contributed by atoms with E-state index in [1.807, 2.05) is 27.7 Å². The van der Waals surface area contributed by atoms with Crippen LogP contribution in [0, 0.1) is 5.92 Å². The highest BCUT2D eigenvalue weighted by atomic mass is 32.2. The lowest BCUT2D eigenvalue weighted by atomic mass is 10.1. The van der Waals surface area contributed by atoms with Gasteiger partial charge in [0.15, 0.2) is 0 Å². The molecule has 0 heterocycles. The molecule has 0 saturated heterocycles. The number of aliphatic carboxylic acids is 1. The van der Waals surface area contributed by atoms with Crippen molar-refractivity contribution in [1.29, 1.82) is 0 Å². The highest BCUT2D eigenvalue weighted by Crippen LogP contribution is 2.13. The maximum Gasteiger partial charge on any atom is 0.410 e. The van der Waals surface area contributed by atoms with Crippen LogP contribution in [0.25, 0.3) is 0 Å². The van der Waals surface area contributed by atoms with Gasteiger partial charge in [0.25, 0.3) is 0 Å². The standard InChI is InChI=1S/C13H25NO4S.CO2/c1-6-10(11(15)16)9-19-8-7-14(5)12(17)18-13(2,3)4;2-1-3/h10H,6-9H2,1-5H3,(H,15,16);/t10-;/m0./s1. The fourth-order valence-electron chi connectivity index (χ4n) is 1.22. The lowest BCUT2D eigenvalue weighted by Crippen LogP contribution is -2.35. The van der Waals surface area contributed by atoms with Crippen molar-refractivity contribution in [2.75, 3.05) is 25.1 Å². The number of hydrogen-bond acceptors (Lipinski definition) is 6. The first kappa shape index (κ1) is 22.7. The van der Waals surface area contributed by atoms with E-state index in [9.17, 15) is 9.59 Å². The minimum Gasteiger partial charge on any atom is -0.481 e. The number of thioether (sulfide) groups is 1. The van der Waals surface area contributed by atoms with E-state index in [2.05, 4.69) is 0 Å². The van der Waals surface area contributed by atoms with Gasteiger partial charge >= 0.3 is 18.2 Å². The van der Waals surface area contributed by atoms with Crippen LogP contribution in [0.2, 0.25) is 0 Å². The van der Waals surface area contributed by atoms with Gasteiger partial charge in [-0.05, 0) is 27.2 Å². The van der Waals surface area contributed by atoms with Crippen molar-refractivity contribution >= 4 is 30.0 Å². The van der Waals surface area contributed by atoms with E-state index in [4.69, 9.17) is 19.4 Å². The van der Waals surface area contributed by atoms with E-state index >= 15 is 0 Å². The Kier molecular flexibility index (Phi) is 12.5. The summed E-state index contributed by atoms with van der Waals surface area (Å²) in [5.41, 5.74) is -0.491. The number of amides is 1. The summed E-state index contributed by atoms with van der Waals surface area (Å²) >= 11 is 1.55. The number of carbonyl (C=O) groups excluding carboxylic acids is 3. The molecule has 8 heteroatoms. The molecule has 128 valence electrons. The number of ether oxygens (including phenoxy) is 1. The third-order valence-corrected chi connectivity index (χ3v) is 3.55. The van der Waals surface area contributed by atoms with Crippen LogP contribution in [0.15, 0.2) is 0 Å². The largest absolute Gasteiger partial charge is 0.481 e. The van der Waals surface area contributed by atoms with Crippen molar-refractivity contribution in [1.82, 2.24) is 4.90 Å². The van der Waals surface area contributed by atoms with Gasteiger partial charge in [-0.1, -0.05) is 6.92 Å². The quantitative estimate of drug-likeness (QED) is 0.711. The predicted octanol–water partition coefficient (Wildman–Crippen LogP) is 2.11. The number of rotatable bonds is 7. The summed E-state index contributed by atoms with van der Waals surface area (Å²) < 4.78 is 5.22. The fraction of sp³-hybridized carbons (Fsp3) is 0.786. The third-order valence-electron chi connectivity index (χ3n) is 2.44. The molecule has 0 aromatic rings.